The molecule has 6 nitrogen and oxygen atoms in total. The van der Waals surface area contributed by atoms with E-state index in [0.717, 1.165) is 12.1 Å². The number of anilines is 3. The van der Waals surface area contributed by atoms with Gasteiger partial charge in [0.05, 0.1) is 12.8 Å². The fourth-order valence-corrected chi connectivity index (χ4v) is 3.14. The van der Waals surface area contributed by atoms with Crippen molar-refractivity contribution < 1.29 is 18.7 Å². The standard InChI is InChI=1S/C20H22FN3O3/c1-23(20(26)27-2)15-11-9-14(10-12-15)22-17-7-5-13-24(19(17)25)18-8-4-3-6-16(18)21/h3-4,6,8-12,17,22H,5,7,13H2,1-2H3. The van der Waals surface area contributed by atoms with E-state index in [-0.39, 0.29) is 5.91 Å². The van der Waals surface area contributed by atoms with Crippen molar-refractivity contribution in [1.82, 2.24) is 0 Å². The van der Waals surface area contributed by atoms with E-state index in [4.69, 9.17) is 0 Å². The van der Waals surface area contributed by atoms with Crippen LogP contribution in [0, 0.1) is 5.82 Å². The molecule has 1 aliphatic rings. The van der Waals surface area contributed by atoms with E-state index in [1.165, 1.54) is 23.0 Å². The summed E-state index contributed by atoms with van der Waals surface area (Å²) >= 11 is 0. The molecule has 1 unspecified atom stereocenters. The third-order valence-corrected chi connectivity index (χ3v) is 4.63. The molecule has 1 heterocycles. The molecule has 0 saturated carbocycles. The fourth-order valence-electron chi connectivity index (χ4n) is 3.14. The van der Waals surface area contributed by atoms with Gasteiger partial charge in [-0.05, 0) is 49.2 Å². The molecule has 2 aromatic carbocycles. The Bertz CT molecular complexity index is 825. The summed E-state index contributed by atoms with van der Waals surface area (Å²) in [6, 6.07) is 13.0. The molecule has 0 radical (unpaired) electrons. The smallest absolute Gasteiger partial charge is 0.413 e. The normalized spacial score (nSPS) is 16.8. The highest BCUT2D eigenvalue weighted by Crippen LogP contribution is 2.26. The number of piperidine rings is 1. The van der Waals surface area contributed by atoms with E-state index in [0.29, 0.717) is 24.3 Å². The van der Waals surface area contributed by atoms with Gasteiger partial charge < -0.3 is 15.0 Å². The van der Waals surface area contributed by atoms with Gasteiger partial charge in [0, 0.05) is 25.0 Å². The number of halogens is 1. The average Bonchev–Trinajstić information content (AvgIpc) is 2.69. The lowest BCUT2D eigenvalue weighted by atomic mass is 10.0. The van der Waals surface area contributed by atoms with Crippen LogP contribution in [0.3, 0.4) is 0 Å². The molecule has 1 N–H and O–H groups in total. The summed E-state index contributed by atoms with van der Waals surface area (Å²) in [5.74, 6) is -0.552. The summed E-state index contributed by atoms with van der Waals surface area (Å²) in [4.78, 5) is 27.3. The summed E-state index contributed by atoms with van der Waals surface area (Å²) in [7, 11) is 2.94. The summed E-state index contributed by atoms with van der Waals surface area (Å²) in [5, 5.41) is 3.21. The molecule has 3 rings (SSSR count). The van der Waals surface area contributed by atoms with E-state index in [9.17, 15) is 14.0 Å². The SMILES string of the molecule is COC(=O)N(C)c1ccc(NC2CCCN(c3ccccc3F)C2=O)cc1. The maximum atomic E-state index is 14.1. The maximum Gasteiger partial charge on any atom is 0.413 e. The van der Waals surface area contributed by atoms with Crippen LogP contribution >= 0.6 is 0 Å². The lowest BCUT2D eigenvalue weighted by Crippen LogP contribution is -2.48. The van der Waals surface area contributed by atoms with Crippen LogP contribution in [0.1, 0.15) is 12.8 Å². The molecule has 0 bridgehead atoms. The van der Waals surface area contributed by atoms with Crippen molar-refractivity contribution in [2.75, 3.05) is 35.8 Å². The zero-order valence-electron chi connectivity index (χ0n) is 15.3. The highest BCUT2D eigenvalue weighted by atomic mass is 19.1. The van der Waals surface area contributed by atoms with E-state index in [2.05, 4.69) is 10.1 Å². The maximum absolute atomic E-state index is 14.1. The Kier molecular flexibility index (Phi) is 5.59. The van der Waals surface area contributed by atoms with Crippen LogP contribution in [0.4, 0.5) is 26.2 Å². The molecule has 0 spiro atoms. The van der Waals surface area contributed by atoms with Gasteiger partial charge in [-0.2, -0.15) is 0 Å². The molecule has 0 aliphatic carbocycles. The van der Waals surface area contributed by atoms with Crippen LogP contribution in [-0.2, 0) is 9.53 Å². The quantitative estimate of drug-likeness (QED) is 0.891. The molecule has 1 fully saturated rings. The minimum Gasteiger partial charge on any atom is -0.452 e. The molecular formula is C20H22FN3O3. The molecule has 1 atom stereocenters. The molecule has 1 aliphatic heterocycles. The van der Waals surface area contributed by atoms with Gasteiger partial charge in [0.2, 0.25) is 5.91 Å². The third kappa shape index (κ3) is 4.02. The number of nitrogens with zero attached hydrogens (tertiary/aromatic N) is 2. The van der Waals surface area contributed by atoms with Crippen molar-refractivity contribution in [3.05, 3.63) is 54.3 Å². The van der Waals surface area contributed by atoms with Crippen molar-refractivity contribution in [3.8, 4) is 0 Å². The molecule has 2 amide bonds. The van der Waals surface area contributed by atoms with Crippen LogP contribution in [0.2, 0.25) is 0 Å². The van der Waals surface area contributed by atoms with Gasteiger partial charge in [-0.1, -0.05) is 12.1 Å². The number of ether oxygens (including phenoxy) is 1. The number of carbonyl (C=O) groups excluding carboxylic acids is 2. The Morgan fingerprint density at radius 1 is 1.22 bits per heavy atom. The van der Waals surface area contributed by atoms with E-state index >= 15 is 0 Å². The van der Waals surface area contributed by atoms with E-state index in [1.54, 1.807) is 49.5 Å². The van der Waals surface area contributed by atoms with Crippen LogP contribution in [-0.4, -0.2) is 38.7 Å². The second-order valence-electron chi connectivity index (χ2n) is 6.36. The molecule has 7 heteroatoms. The first-order valence-electron chi connectivity index (χ1n) is 8.75. The van der Waals surface area contributed by atoms with Gasteiger partial charge in [0.25, 0.3) is 0 Å². The minimum atomic E-state index is -0.460. The Balaban J connectivity index is 1.71. The predicted molar refractivity (Wildman–Crippen MR) is 103 cm³/mol. The molecular weight excluding hydrogens is 349 g/mol. The Morgan fingerprint density at radius 3 is 2.59 bits per heavy atom. The van der Waals surface area contributed by atoms with Crippen molar-refractivity contribution in [1.29, 1.82) is 0 Å². The van der Waals surface area contributed by atoms with Gasteiger partial charge in [-0.25, -0.2) is 9.18 Å². The highest BCUT2D eigenvalue weighted by Gasteiger charge is 2.30. The number of rotatable bonds is 4. The predicted octanol–water partition coefficient (Wildman–Crippen LogP) is 3.64. The summed E-state index contributed by atoms with van der Waals surface area (Å²) in [5.41, 5.74) is 1.74. The minimum absolute atomic E-state index is 0.151. The number of benzene rings is 2. The first-order valence-corrected chi connectivity index (χ1v) is 8.75. The van der Waals surface area contributed by atoms with Crippen molar-refractivity contribution in [2.45, 2.75) is 18.9 Å². The van der Waals surface area contributed by atoms with Gasteiger partial charge in [-0.15, -0.1) is 0 Å². The van der Waals surface area contributed by atoms with Crippen molar-refractivity contribution in [3.63, 3.8) is 0 Å². The molecule has 0 aromatic heterocycles. The van der Waals surface area contributed by atoms with Crippen LogP contribution in [0.5, 0.6) is 0 Å². The molecule has 2 aromatic rings. The molecule has 142 valence electrons. The Hall–Kier alpha value is -3.09. The first-order chi connectivity index (χ1) is 13.0. The largest absolute Gasteiger partial charge is 0.452 e. The van der Waals surface area contributed by atoms with E-state index < -0.39 is 18.0 Å². The number of amides is 2. The average molecular weight is 371 g/mol. The number of para-hydroxylation sites is 1. The van der Waals surface area contributed by atoms with Crippen molar-refractivity contribution in [2.24, 2.45) is 0 Å². The Labute approximate surface area is 157 Å². The van der Waals surface area contributed by atoms with E-state index in [1.807, 2.05) is 0 Å². The van der Waals surface area contributed by atoms with Gasteiger partial charge >= 0.3 is 6.09 Å². The van der Waals surface area contributed by atoms with Crippen molar-refractivity contribution >= 4 is 29.1 Å². The summed E-state index contributed by atoms with van der Waals surface area (Å²) in [6.45, 7) is 0.501. The summed E-state index contributed by atoms with van der Waals surface area (Å²) in [6.07, 6.45) is 0.993. The Morgan fingerprint density at radius 2 is 1.93 bits per heavy atom. The number of carbonyl (C=O) groups is 2. The highest BCUT2D eigenvalue weighted by molar-refractivity contribution is 5.99. The van der Waals surface area contributed by atoms with Gasteiger partial charge in [0.15, 0.2) is 0 Å². The second-order valence-corrected chi connectivity index (χ2v) is 6.36. The number of nitrogens with one attached hydrogen (secondary N) is 1. The lowest BCUT2D eigenvalue weighted by Gasteiger charge is -2.33. The fraction of sp³-hybridized carbons (Fsp3) is 0.300. The van der Waals surface area contributed by atoms with Crippen LogP contribution < -0.4 is 15.1 Å². The van der Waals surface area contributed by atoms with Crippen LogP contribution in [0.25, 0.3) is 0 Å². The number of hydrogen-bond donors (Lipinski definition) is 1. The second kappa shape index (κ2) is 8.07. The van der Waals surface area contributed by atoms with Crippen LogP contribution in [0.15, 0.2) is 48.5 Å². The topological polar surface area (TPSA) is 61.9 Å². The molecule has 1 saturated heterocycles. The zero-order valence-corrected chi connectivity index (χ0v) is 15.3. The van der Waals surface area contributed by atoms with Gasteiger partial charge in [-0.3, -0.25) is 9.69 Å². The number of methoxy groups -OCH3 is 1. The van der Waals surface area contributed by atoms with Gasteiger partial charge in [0.1, 0.15) is 11.9 Å². The zero-order chi connectivity index (χ0) is 19.4. The third-order valence-electron chi connectivity index (χ3n) is 4.63. The molecule has 27 heavy (non-hydrogen) atoms. The summed E-state index contributed by atoms with van der Waals surface area (Å²) < 4.78 is 18.7. The monoisotopic (exact) mass is 371 g/mol. The lowest BCUT2D eigenvalue weighted by molar-refractivity contribution is -0.120. The first kappa shape index (κ1) is 18.7. The number of hydrogen-bond acceptors (Lipinski definition) is 4.